The molecule has 4 rings (SSSR count). The molecule has 1 unspecified atom stereocenters. The van der Waals surface area contributed by atoms with Crippen molar-refractivity contribution in [1.29, 1.82) is 0 Å². The van der Waals surface area contributed by atoms with Gasteiger partial charge < -0.3 is 9.78 Å². The molecule has 1 atom stereocenters. The molecule has 1 aliphatic heterocycles. The third kappa shape index (κ3) is 3.10. The lowest BCUT2D eigenvalue weighted by molar-refractivity contribution is -0.108. The normalized spacial score (nSPS) is 17.6. The highest BCUT2D eigenvalue weighted by atomic mass is 32.2. The fourth-order valence-corrected chi connectivity index (χ4v) is 5.60. The van der Waals surface area contributed by atoms with Gasteiger partial charge in [-0.1, -0.05) is 18.2 Å². The van der Waals surface area contributed by atoms with E-state index in [0.717, 1.165) is 22.4 Å². The van der Waals surface area contributed by atoms with Gasteiger partial charge in [-0.3, -0.25) is 9.71 Å². The summed E-state index contributed by atoms with van der Waals surface area (Å²) in [5.74, 6) is 0.631. The number of fused-ring (bicyclic) bond motifs is 1. The van der Waals surface area contributed by atoms with Gasteiger partial charge in [-0.05, 0) is 23.6 Å². The Labute approximate surface area is 152 Å². The highest BCUT2D eigenvalue weighted by Crippen LogP contribution is 2.30. The molecule has 128 valence electrons. The van der Waals surface area contributed by atoms with E-state index in [-0.39, 0.29) is 10.3 Å². The van der Waals surface area contributed by atoms with E-state index in [1.165, 1.54) is 23.1 Å². The number of nitrogens with one attached hydrogen (secondary N) is 2. The Balaban J connectivity index is 1.73. The van der Waals surface area contributed by atoms with Crippen LogP contribution in [0, 0.1) is 0 Å². The monoisotopic (exact) mass is 391 g/mol. The molecule has 3 heterocycles. The molecule has 1 aromatic carbocycles. The second kappa shape index (κ2) is 6.32. The van der Waals surface area contributed by atoms with Crippen molar-refractivity contribution in [2.24, 2.45) is 4.99 Å². The molecule has 2 aromatic heterocycles. The zero-order chi connectivity index (χ0) is 17.4. The van der Waals surface area contributed by atoms with E-state index < -0.39 is 10.0 Å². The maximum atomic E-state index is 12.5. The molecule has 3 aromatic rings. The molecule has 6 nitrogen and oxygen atoms in total. The van der Waals surface area contributed by atoms with Gasteiger partial charge in [-0.2, -0.15) is 0 Å². The minimum atomic E-state index is -3.62. The van der Waals surface area contributed by atoms with Gasteiger partial charge >= 0.3 is 0 Å². The van der Waals surface area contributed by atoms with Crippen LogP contribution in [0.5, 0.6) is 0 Å². The van der Waals surface area contributed by atoms with E-state index in [9.17, 15) is 13.2 Å². The van der Waals surface area contributed by atoms with Crippen LogP contribution in [-0.4, -0.2) is 36.5 Å². The highest BCUT2D eigenvalue weighted by molar-refractivity contribution is 8.14. The van der Waals surface area contributed by atoms with Crippen LogP contribution in [-0.2, 0) is 14.8 Å². The minimum absolute atomic E-state index is 0.265. The summed E-state index contributed by atoms with van der Waals surface area (Å²) in [5.41, 5.74) is 1.95. The molecule has 0 aliphatic carbocycles. The molecule has 0 saturated carbocycles. The fourth-order valence-electron chi connectivity index (χ4n) is 2.57. The van der Waals surface area contributed by atoms with Gasteiger partial charge in [-0.25, -0.2) is 8.42 Å². The van der Waals surface area contributed by atoms with Crippen LogP contribution in [0.15, 0.2) is 51.0 Å². The van der Waals surface area contributed by atoms with E-state index in [4.69, 9.17) is 0 Å². The largest absolute Gasteiger partial charge is 0.351 e. The van der Waals surface area contributed by atoms with E-state index in [0.29, 0.717) is 17.0 Å². The number of carbonyl (C=O) groups excluding carboxylic acids is 1. The summed E-state index contributed by atoms with van der Waals surface area (Å²) < 4.78 is 27.8. The van der Waals surface area contributed by atoms with Crippen molar-refractivity contribution in [2.45, 2.75) is 10.3 Å². The number of nitrogens with zero attached hydrogens (tertiary/aromatic N) is 1. The molecule has 1 aliphatic rings. The number of aromatic amines is 1. The first kappa shape index (κ1) is 16.4. The van der Waals surface area contributed by atoms with Crippen LogP contribution in [0.1, 0.15) is 5.69 Å². The predicted octanol–water partition coefficient (Wildman–Crippen LogP) is 3.09. The van der Waals surface area contributed by atoms with E-state index in [1.807, 2.05) is 12.1 Å². The lowest BCUT2D eigenvalue weighted by atomic mass is 10.2. The summed E-state index contributed by atoms with van der Waals surface area (Å²) in [6.45, 7) is 0. The molecule has 0 fully saturated rings. The van der Waals surface area contributed by atoms with Crippen molar-refractivity contribution < 1.29 is 13.2 Å². The number of para-hydroxylation sites is 1. The van der Waals surface area contributed by atoms with Crippen molar-refractivity contribution >= 4 is 61.0 Å². The van der Waals surface area contributed by atoms with Crippen molar-refractivity contribution in [3.63, 3.8) is 0 Å². The average Bonchev–Trinajstić information content (AvgIpc) is 3.33. The molecule has 2 N–H and O–H groups in total. The summed E-state index contributed by atoms with van der Waals surface area (Å²) in [4.78, 5) is 18.5. The predicted molar refractivity (Wildman–Crippen MR) is 102 cm³/mol. The zero-order valence-electron chi connectivity index (χ0n) is 12.8. The summed E-state index contributed by atoms with van der Waals surface area (Å²) in [6.07, 6.45) is 0.837. The first-order valence-electron chi connectivity index (χ1n) is 7.41. The molecule has 0 amide bonds. The van der Waals surface area contributed by atoms with Gasteiger partial charge in [0.05, 0.1) is 16.9 Å². The molecule has 0 radical (unpaired) electrons. The van der Waals surface area contributed by atoms with Gasteiger partial charge in [0.1, 0.15) is 21.6 Å². The Morgan fingerprint density at radius 3 is 2.88 bits per heavy atom. The number of benzene rings is 1. The number of thiophene rings is 1. The van der Waals surface area contributed by atoms with Gasteiger partial charge in [0.25, 0.3) is 10.0 Å². The summed E-state index contributed by atoms with van der Waals surface area (Å²) in [6, 6.07) is 10.3. The Morgan fingerprint density at radius 1 is 1.28 bits per heavy atom. The van der Waals surface area contributed by atoms with Crippen LogP contribution < -0.4 is 4.72 Å². The first-order valence-corrected chi connectivity index (χ1v) is 10.8. The van der Waals surface area contributed by atoms with Crippen LogP contribution >= 0.6 is 23.1 Å². The van der Waals surface area contributed by atoms with Crippen molar-refractivity contribution in [1.82, 2.24) is 4.98 Å². The molecule has 0 saturated heterocycles. The number of anilines is 1. The highest BCUT2D eigenvalue weighted by Gasteiger charge is 2.21. The fraction of sp³-hybridized carbons (Fsp3) is 0.125. The minimum Gasteiger partial charge on any atom is -0.351 e. The zero-order valence-corrected chi connectivity index (χ0v) is 15.2. The second-order valence-corrected chi connectivity index (χ2v) is 9.30. The molecular formula is C16H13N3O3S3. The smallest absolute Gasteiger partial charge is 0.271 e. The lowest BCUT2D eigenvalue weighted by Gasteiger charge is -2.07. The third-order valence-electron chi connectivity index (χ3n) is 3.72. The second-order valence-electron chi connectivity index (χ2n) is 5.44. The molecule has 9 heteroatoms. The van der Waals surface area contributed by atoms with Gasteiger partial charge in [0, 0.05) is 11.1 Å². The van der Waals surface area contributed by atoms with Gasteiger partial charge in [0.15, 0.2) is 0 Å². The summed E-state index contributed by atoms with van der Waals surface area (Å²) in [7, 11) is -3.62. The number of rotatable bonds is 5. The maximum absolute atomic E-state index is 12.5. The maximum Gasteiger partial charge on any atom is 0.271 e. The van der Waals surface area contributed by atoms with Crippen molar-refractivity contribution in [3.8, 4) is 0 Å². The number of sulfonamides is 1. The van der Waals surface area contributed by atoms with Crippen LogP contribution in [0.2, 0.25) is 0 Å². The molecular weight excluding hydrogens is 378 g/mol. The average molecular weight is 391 g/mol. The quantitative estimate of drug-likeness (QED) is 0.654. The Hall–Kier alpha value is -2.10. The van der Waals surface area contributed by atoms with Crippen LogP contribution in [0.4, 0.5) is 5.69 Å². The Bertz CT molecular complexity index is 1070. The molecule has 0 bridgehead atoms. The standard InChI is InChI=1S/C16H13N3O3S3/c20-8-11-9-24-16(17-11)13-7-10-3-1-4-12(15(10)18-13)19-25(21,22)14-5-2-6-23-14/h1-8,11,18-19H,9H2. The topological polar surface area (TPSA) is 91.4 Å². The van der Waals surface area contributed by atoms with Crippen molar-refractivity contribution in [3.05, 3.63) is 47.5 Å². The number of carbonyl (C=O) groups is 1. The SMILES string of the molecule is O=CC1CSC(c2cc3cccc(NS(=O)(=O)c4cccs4)c3[nH]2)=N1. The summed E-state index contributed by atoms with van der Waals surface area (Å²) in [5, 5.41) is 3.36. The first-order chi connectivity index (χ1) is 12.1. The Kier molecular flexibility index (Phi) is 4.14. The van der Waals surface area contributed by atoms with Crippen LogP contribution in [0.3, 0.4) is 0 Å². The number of hydrogen-bond donors (Lipinski definition) is 2. The number of aldehydes is 1. The molecule has 25 heavy (non-hydrogen) atoms. The molecule has 0 spiro atoms. The number of thioether (sulfide) groups is 1. The van der Waals surface area contributed by atoms with Crippen molar-refractivity contribution in [2.75, 3.05) is 10.5 Å². The summed E-state index contributed by atoms with van der Waals surface area (Å²) >= 11 is 2.68. The van der Waals surface area contributed by atoms with Crippen LogP contribution in [0.25, 0.3) is 10.9 Å². The number of aliphatic imine (C=N–C) groups is 1. The van der Waals surface area contributed by atoms with E-state index in [2.05, 4.69) is 14.7 Å². The Morgan fingerprint density at radius 2 is 2.16 bits per heavy atom. The number of H-pyrrole nitrogens is 1. The number of aromatic nitrogens is 1. The third-order valence-corrected chi connectivity index (χ3v) is 7.59. The van der Waals surface area contributed by atoms with Gasteiger partial charge in [0.2, 0.25) is 0 Å². The van der Waals surface area contributed by atoms with Gasteiger partial charge in [-0.15, -0.1) is 23.1 Å². The van der Waals surface area contributed by atoms with E-state index >= 15 is 0 Å². The lowest BCUT2D eigenvalue weighted by Crippen LogP contribution is -2.11. The van der Waals surface area contributed by atoms with E-state index in [1.54, 1.807) is 29.6 Å². The number of hydrogen-bond acceptors (Lipinski definition) is 6.